The third-order valence-corrected chi connectivity index (χ3v) is 2.67. The summed E-state index contributed by atoms with van der Waals surface area (Å²) >= 11 is 1.32. The van der Waals surface area contributed by atoms with Crippen LogP contribution in [-0.2, 0) is 6.18 Å². The fraction of sp³-hybridized carbons (Fsp3) is 0.286. The van der Waals surface area contributed by atoms with Crippen LogP contribution in [0.1, 0.15) is 17.7 Å². The average Bonchev–Trinajstić information content (AvgIpc) is 2.06. The summed E-state index contributed by atoms with van der Waals surface area (Å²) in [5, 5.41) is 0. The summed E-state index contributed by atoms with van der Waals surface area (Å²) in [6.45, 7) is 0. The molecule has 1 heterocycles. The summed E-state index contributed by atoms with van der Waals surface area (Å²) in [5.74, 6) is -0.541. The molecular weight excluding hydrogens is 334 g/mol. The molecule has 0 aromatic carbocycles. The molecule has 15 heavy (non-hydrogen) atoms. The third-order valence-electron chi connectivity index (χ3n) is 1.53. The Morgan fingerprint density at radius 2 is 1.87 bits per heavy atom. The summed E-state index contributed by atoms with van der Waals surface area (Å²) in [6, 6.07) is 0.308. The molecule has 1 rings (SSSR count). The third kappa shape index (κ3) is 2.67. The highest BCUT2D eigenvalue weighted by Gasteiger charge is 2.35. The Balaban J connectivity index is 3.38. The van der Waals surface area contributed by atoms with Crippen LogP contribution in [-0.4, -0.2) is 4.98 Å². The Kier molecular flexibility index (Phi) is 3.36. The van der Waals surface area contributed by atoms with Gasteiger partial charge in [-0.2, -0.15) is 13.2 Å². The Morgan fingerprint density at radius 3 is 2.27 bits per heavy atom. The summed E-state index contributed by atoms with van der Waals surface area (Å²) in [6.07, 6.45) is -7.79. The van der Waals surface area contributed by atoms with Crippen molar-refractivity contribution in [1.29, 1.82) is 0 Å². The molecule has 0 unspecified atom stereocenters. The summed E-state index contributed by atoms with van der Waals surface area (Å²) in [7, 11) is 0. The lowest BCUT2D eigenvalue weighted by Gasteiger charge is -2.12. The maximum absolute atomic E-state index is 12.3. The number of rotatable bonds is 1. The van der Waals surface area contributed by atoms with Crippen molar-refractivity contribution < 1.29 is 22.0 Å². The molecule has 0 aliphatic rings. The molecule has 0 saturated carbocycles. The van der Waals surface area contributed by atoms with Gasteiger partial charge in [0.15, 0.2) is 0 Å². The van der Waals surface area contributed by atoms with Crippen molar-refractivity contribution in [3.8, 4) is 0 Å². The molecule has 0 saturated heterocycles. The van der Waals surface area contributed by atoms with Gasteiger partial charge in [-0.1, -0.05) is 0 Å². The van der Waals surface area contributed by atoms with E-state index in [0.717, 1.165) is 0 Å². The van der Waals surface area contributed by atoms with Gasteiger partial charge in [0.2, 0.25) is 0 Å². The Bertz CT molecular complexity index is 376. The highest BCUT2D eigenvalue weighted by atomic mass is 127. The fourth-order valence-electron chi connectivity index (χ4n) is 0.888. The van der Waals surface area contributed by atoms with E-state index in [1.165, 1.54) is 22.6 Å². The summed E-state index contributed by atoms with van der Waals surface area (Å²) < 4.78 is 61.0. The first-order valence-electron chi connectivity index (χ1n) is 3.54. The lowest BCUT2D eigenvalue weighted by Crippen LogP contribution is -2.12. The van der Waals surface area contributed by atoms with Crippen molar-refractivity contribution in [2.75, 3.05) is 5.73 Å². The zero-order valence-corrected chi connectivity index (χ0v) is 9.10. The zero-order valence-electron chi connectivity index (χ0n) is 6.95. The van der Waals surface area contributed by atoms with Crippen LogP contribution in [0.25, 0.3) is 0 Å². The molecule has 0 fully saturated rings. The predicted octanol–water partition coefficient (Wildman–Crippen LogP) is 3.22. The summed E-state index contributed by atoms with van der Waals surface area (Å²) in [5.41, 5.74) is 2.94. The number of nitrogen functional groups attached to an aromatic ring is 1. The number of anilines is 1. The van der Waals surface area contributed by atoms with Crippen LogP contribution in [0.3, 0.4) is 0 Å². The molecule has 2 nitrogen and oxygen atoms in total. The number of nitrogens with two attached hydrogens (primary N) is 1. The fourth-order valence-corrected chi connectivity index (χ4v) is 1.47. The molecule has 0 atom stereocenters. The number of hydrogen-bond donors (Lipinski definition) is 1. The second kappa shape index (κ2) is 4.06. The van der Waals surface area contributed by atoms with Gasteiger partial charge in [0.05, 0.1) is 9.13 Å². The first-order chi connectivity index (χ1) is 6.73. The van der Waals surface area contributed by atoms with Crippen LogP contribution in [0.4, 0.5) is 27.8 Å². The topological polar surface area (TPSA) is 38.9 Å². The van der Waals surface area contributed by atoms with Gasteiger partial charge < -0.3 is 5.73 Å². The van der Waals surface area contributed by atoms with Gasteiger partial charge >= 0.3 is 6.18 Å². The van der Waals surface area contributed by atoms with Crippen molar-refractivity contribution >= 4 is 28.4 Å². The average molecular weight is 338 g/mol. The molecule has 0 amide bonds. The van der Waals surface area contributed by atoms with Gasteiger partial charge in [0, 0.05) is 0 Å². The number of halogens is 6. The van der Waals surface area contributed by atoms with Crippen LogP contribution in [0, 0.1) is 3.57 Å². The summed E-state index contributed by atoms with van der Waals surface area (Å²) in [4.78, 5) is 3.17. The molecule has 0 aliphatic carbocycles. The molecule has 0 aliphatic heterocycles. The van der Waals surface area contributed by atoms with Gasteiger partial charge in [-0.15, -0.1) is 0 Å². The van der Waals surface area contributed by atoms with E-state index >= 15 is 0 Å². The normalized spacial score (nSPS) is 12.2. The van der Waals surface area contributed by atoms with E-state index < -0.39 is 29.7 Å². The number of hydrogen-bond acceptors (Lipinski definition) is 2. The van der Waals surface area contributed by atoms with E-state index in [4.69, 9.17) is 5.73 Å². The van der Waals surface area contributed by atoms with Gasteiger partial charge in [0.1, 0.15) is 11.5 Å². The monoisotopic (exact) mass is 338 g/mol. The van der Waals surface area contributed by atoms with Gasteiger partial charge in [0.25, 0.3) is 6.43 Å². The Labute approximate surface area is 94.8 Å². The Morgan fingerprint density at radius 1 is 1.33 bits per heavy atom. The highest BCUT2D eigenvalue weighted by Crippen LogP contribution is 2.36. The minimum atomic E-state index is -4.71. The molecule has 8 heteroatoms. The number of aromatic nitrogens is 1. The van der Waals surface area contributed by atoms with Crippen LogP contribution >= 0.6 is 22.6 Å². The van der Waals surface area contributed by atoms with Crippen LogP contribution in [0.5, 0.6) is 0 Å². The highest BCUT2D eigenvalue weighted by molar-refractivity contribution is 14.1. The van der Waals surface area contributed by atoms with E-state index in [-0.39, 0.29) is 3.57 Å². The van der Waals surface area contributed by atoms with Crippen molar-refractivity contribution in [3.63, 3.8) is 0 Å². The zero-order chi connectivity index (χ0) is 11.8. The minimum Gasteiger partial charge on any atom is -0.383 e. The Hall–Kier alpha value is -0.670. The van der Waals surface area contributed by atoms with Crippen molar-refractivity contribution in [2.45, 2.75) is 12.6 Å². The van der Waals surface area contributed by atoms with Gasteiger partial charge in [-0.25, -0.2) is 13.8 Å². The lowest BCUT2D eigenvalue weighted by molar-refractivity contribution is -0.138. The van der Waals surface area contributed by atoms with Gasteiger partial charge in [-0.05, 0) is 28.7 Å². The van der Waals surface area contributed by atoms with Crippen molar-refractivity contribution in [2.24, 2.45) is 0 Å². The molecule has 2 N–H and O–H groups in total. The quantitative estimate of drug-likeness (QED) is 0.631. The standard InChI is InChI=1S/C7H4F5IN2/c8-5(9)3-1-2(7(10,11)12)4(13)6(14)15-3/h1,5H,(H2,14,15). The van der Waals surface area contributed by atoms with Gasteiger partial charge in [-0.3, -0.25) is 0 Å². The largest absolute Gasteiger partial charge is 0.417 e. The number of nitrogens with zero attached hydrogens (tertiary/aromatic N) is 1. The molecule has 1 aromatic rings. The SMILES string of the molecule is Nc1nc(C(F)F)cc(C(F)(F)F)c1I. The van der Waals surface area contributed by atoms with Crippen LogP contribution in [0.15, 0.2) is 6.07 Å². The van der Waals surface area contributed by atoms with E-state index in [9.17, 15) is 22.0 Å². The maximum Gasteiger partial charge on any atom is 0.417 e. The van der Waals surface area contributed by atoms with Crippen molar-refractivity contribution in [3.05, 3.63) is 20.9 Å². The second-order valence-corrected chi connectivity index (χ2v) is 3.67. The molecule has 84 valence electrons. The first kappa shape index (κ1) is 12.4. The predicted molar refractivity (Wildman–Crippen MR) is 51.3 cm³/mol. The number of pyridine rings is 1. The smallest absolute Gasteiger partial charge is 0.383 e. The van der Waals surface area contributed by atoms with E-state index in [1.807, 2.05) is 0 Å². The molecule has 1 aromatic heterocycles. The van der Waals surface area contributed by atoms with E-state index in [0.29, 0.717) is 6.07 Å². The molecule has 0 radical (unpaired) electrons. The first-order valence-corrected chi connectivity index (χ1v) is 4.62. The van der Waals surface area contributed by atoms with Crippen LogP contribution in [0.2, 0.25) is 0 Å². The lowest BCUT2D eigenvalue weighted by atomic mass is 10.2. The second-order valence-electron chi connectivity index (χ2n) is 2.59. The van der Waals surface area contributed by atoms with E-state index in [2.05, 4.69) is 4.98 Å². The van der Waals surface area contributed by atoms with E-state index in [1.54, 1.807) is 0 Å². The molecule has 0 spiro atoms. The maximum atomic E-state index is 12.3. The molecular formula is C7H4F5IN2. The van der Waals surface area contributed by atoms with Crippen LogP contribution < -0.4 is 5.73 Å². The number of alkyl halides is 5. The molecule has 0 bridgehead atoms. The minimum absolute atomic E-state index is 0.308. The van der Waals surface area contributed by atoms with Crippen molar-refractivity contribution in [1.82, 2.24) is 4.98 Å².